The molecule has 19 heavy (non-hydrogen) atoms. The molecule has 0 bridgehead atoms. The topological polar surface area (TPSA) is 48.1 Å². The van der Waals surface area contributed by atoms with Gasteiger partial charge in [0.2, 0.25) is 0 Å². The quantitative estimate of drug-likeness (QED) is 0.515. The number of nitrogens with zero attached hydrogens (tertiary/aromatic N) is 1. The summed E-state index contributed by atoms with van der Waals surface area (Å²) in [5, 5.41) is 0. The highest BCUT2D eigenvalue weighted by Gasteiger charge is 2.14. The van der Waals surface area contributed by atoms with Gasteiger partial charge in [0.25, 0.3) is 0 Å². The van der Waals surface area contributed by atoms with Gasteiger partial charge in [-0.3, -0.25) is 0 Å². The van der Waals surface area contributed by atoms with Crippen LogP contribution in [-0.2, 0) is 4.74 Å². The van der Waals surface area contributed by atoms with Crippen LogP contribution in [0.15, 0.2) is 22.5 Å². The molecule has 3 rings (SSSR count). The van der Waals surface area contributed by atoms with Crippen molar-refractivity contribution < 1.29 is 4.74 Å². The van der Waals surface area contributed by atoms with Gasteiger partial charge in [0.05, 0.1) is 16.3 Å². The van der Waals surface area contributed by atoms with Crippen LogP contribution in [0.4, 0.5) is 5.69 Å². The lowest BCUT2D eigenvalue weighted by atomic mass is 10.1. The van der Waals surface area contributed by atoms with E-state index in [9.17, 15) is 0 Å². The molecular weight excluding hydrogens is 276 g/mol. The molecule has 0 spiro atoms. The number of benzene rings is 1. The van der Waals surface area contributed by atoms with Crippen molar-refractivity contribution in [3.63, 3.8) is 0 Å². The summed E-state index contributed by atoms with van der Waals surface area (Å²) >= 11 is 3.58. The van der Waals surface area contributed by atoms with Crippen LogP contribution in [0.1, 0.15) is 25.7 Å². The molecule has 1 aromatic heterocycles. The fourth-order valence-corrected chi connectivity index (χ4v) is 4.47. The Labute approximate surface area is 121 Å². The molecule has 0 aliphatic carbocycles. The second-order valence-electron chi connectivity index (χ2n) is 4.83. The molecule has 1 atom stereocenters. The average Bonchev–Trinajstić information content (AvgIpc) is 3.02. The number of nitrogens with two attached hydrogens (primary N) is 1. The van der Waals surface area contributed by atoms with E-state index in [-0.39, 0.29) is 0 Å². The normalized spacial score (nSPS) is 19.3. The number of hydrogen-bond acceptors (Lipinski definition) is 5. The molecule has 0 saturated carbocycles. The Morgan fingerprint density at radius 2 is 2.42 bits per heavy atom. The molecule has 1 unspecified atom stereocenters. The van der Waals surface area contributed by atoms with Gasteiger partial charge in [0, 0.05) is 18.0 Å². The molecule has 1 fully saturated rings. The highest BCUT2D eigenvalue weighted by molar-refractivity contribution is 8.01. The number of anilines is 1. The number of ether oxygens (including phenoxy) is 1. The van der Waals surface area contributed by atoms with Crippen LogP contribution in [0.5, 0.6) is 0 Å². The Morgan fingerprint density at radius 1 is 1.47 bits per heavy atom. The van der Waals surface area contributed by atoms with Crippen LogP contribution in [-0.4, -0.2) is 23.4 Å². The second-order valence-corrected chi connectivity index (χ2v) is 7.21. The Bertz CT molecular complexity index is 549. The maximum absolute atomic E-state index is 5.78. The van der Waals surface area contributed by atoms with E-state index in [1.165, 1.54) is 30.4 Å². The molecule has 1 aliphatic rings. The van der Waals surface area contributed by atoms with Gasteiger partial charge >= 0.3 is 0 Å². The minimum atomic E-state index is 0.510. The zero-order valence-electron chi connectivity index (χ0n) is 10.8. The first-order chi connectivity index (χ1) is 9.31. The third-order valence-corrected chi connectivity index (χ3v) is 5.56. The molecular formula is C14H18N2OS2. The van der Waals surface area contributed by atoms with Gasteiger partial charge in [-0.05, 0) is 43.9 Å². The van der Waals surface area contributed by atoms with Crippen LogP contribution in [0, 0.1) is 0 Å². The summed E-state index contributed by atoms with van der Waals surface area (Å²) in [5.74, 6) is 1.12. The smallest absolute Gasteiger partial charge is 0.151 e. The average molecular weight is 294 g/mol. The summed E-state index contributed by atoms with van der Waals surface area (Å²) in [4.78, 5) is 4.62. The summed E-state index contributed by atoms with van der Waals surface area (Å²) in [6, 6.07) is 5.91. The van der Waals surface area contributed by atoms with Crippen LogP contribution in [0.25, 0.3) is 10.2 Å². The molecule has 0 amide bonds. The van der Waals surface area contributed by atoms with E-state index < -0.39 is 0 Å². The Balaban J connectivity index is 1.50. The molecule has 102 valence electrons. The predicted octanol–water partition coefficient (Wildman–Crippen LogP) is 3.93. The Hall–Kier alpha value is -0.780. The highest BCUT2D eigenvalue weighted by atomic mass is 32.2. The number of fused-ring (bicyclic) bond motifs is 1. The van der Waals surface area contributed by atoms with Crippen molar-refractivity contribution in [3.8, 4) is 0 Å². The Kier molecular flexibility index (Phi) is 4.25. The largest absolute Gasteiger partial charge is 0.399 e. The maximum Gasteiger partial charge on any atom is 0.151 e. The zero-order chi connectivity index (χ0) is 13.1. The third kappa shape index (κ3) is 3.41. The van der Waals surface area contributed by atoms with Crippen LogP contribution in [0.2, 0.25) is 0 Å². The monoisotopic (exact) mass is 294 g/mol. The van der Waals surface area contributed by atoms with Crippen LogP contribution < -0.4 is 5.73 Å². The SMILES string of the molecule is Nc1ccc2nc(SCCCC3CCCO3)sc2c1. The van der Waals surface area contributed by atoms with Gasteiger partial charge in [0.15, 0.2) is 4.34 Å². The van der Waals surface area contributed by atoms with E-state index in [0.29, 0.717) is 6.10 Å². The maximum atomic E-state index is 5.78. The summed E-state index contributed by atoms with van der Waals surface area (Å²) in [6.07, 6.45) is 5.37. The van der Waals surface area contributed by atoms with Crippen molar-refractivity contribution >= 4 is 39.0 Å². The van der Waals surface area contributed by atoms with Gasteiger partial charge in [-0.15, -0.1) is 11.3 Å². The number of aromatic nitrogens is 1. The van der Waals surface area contributed by atoms with Crippen LogP contribution in [0.3, 0.4) is 0 Å². The van der Waals surface area contributed by atoms with E-state index in [4.69, 9.17) is 10.5 Å². The summed E-state index contributed by atoms with van der Waals surface area (Å²) in [5.41, 5.74) is 7.65. The van der Waals surface area contributed by atoms with Crippen molar-refractivity contribution in [1.82, 2.24) is 4.98 Å². The van der Waals surface area contributed by atoms with Crippen LogP contribution >= 0.6 is 23.1 Å². The first-order valence-corrected chi connectivity index (χ1v) is 8.52. The number of thiazole rings is 1. The lowest BCUT2D eigenvalue weighted by Crippen LogP contribution is -2.04. The standard InChI is InChI=1S/C14H18N2OS2/c15-10-5-6-12-13(9-10)19-14(16-12)18-8-2-4-11-3-1-7-17-11/h5-6,9,11H,1-4,7-8,15H2. The molecule has 3 nitrogen and oxygen atoms in total. The van der Waals surface area contributed by atoms with E-state index >= 15 is 0 Å². The lowest BCUT2D eigenvalue weighted by molar-refractivity contribution is 0.104. The summed E-state index contributed by atoms with van der Waals surface area (Å²) in [7, 11) is 0. The molecule has 2 heterocycles. The fraction of sp³-hybridized carbons (Fsp3) is 0.500. The summed E-state index contributed by atoms with van der Waals surface area (Å²) < 4.78 is 7.96. The minimum Gasteiger partial charge on any atom is -0.399 e. The lowest BCUT2D eigenvalue weighted by Gasteiger charge is -2.07. The van der Waals surface area contributed by atoms with E-state index in [1.54, 1.807) is 11.3 Å². The van der Waals surface area contributed by atoms with Crippen molar-refractivity contribution in [2.45, 2.75) is 36.1 Å². The zero-order valence-corrected chi connectivity index (χ0v) is 12.4. The molecule has 1 saturated heterocycles. The van der Waals surface area contributed by atoms with Crippen molar-refractivity contribution in [3.05, 3.63) is 18.2 Å². The second kappa shape index (κ2) is 6.11. The van der Waals surface area contributed by atoms with E-state index in [0.717, 1.165) is 27.9 Å². The van der Waals surface area contributed by atoms with Gasteiger partial charge in [-0.1, -0.05) is 11.8 Å². The first-order valence-electron chi connectivity index (χ1n) is 6.72. The van der Waals surface area contributed by atoms with E-state index in [1.807, 2.05) is 30.0 Å². The number of nitrogen functional groups attached to an aromatic ring is 1. The van der Waals surface area contributed by atoms with Gasteiger partial charge in [-0.25, -0.2) is 4.98 Å². The molecule has 2 N–H and O–H groups in total. The fourth-order valence-electron chi connectivity index (χ4n) is 2.32. The number of rotatable bonds is 5. The molecule has 5 heteroatoms. The van der Waals surface area contributed by atoms with E-state index in [2.05, 4.69) is 4.98 Å². The van der Waals surface area contributed by atoms with Gasteiger partial charge in [-0.2, -0.15) is 0 Å². The first kappa shape index (κ1) is 13.2. The Morgan fingerprint density at radius 3 is 3.26 bits per heavy atom. The molecule has 0 radical (unpaired) electrons. The third-order valence-electron chi connectivity index (χ3n) is 3.31. The van der Waals surface area contributed by atoms with Crippen molar-refractivity contribution in [2.75, 3.05) is 18.1 Å². The minimum absolute atomic E-state index is 0.510. The van der Waals surface area contributed by atoms with Crippen molar-refractivity contribution in [2.24, 2.45) is 0 Å². The summed E-state index contributed by atoms with van der Waals surface area (Å²) in [6.45, 7) is 0.955. The predicted molar refractivity (Wildman–Crippen MR) is 83.0 cm³/mol. The number of hydrogen-bond donors (Lipinski definition) is 1. The van der Waals surface area contributed by atoms with Gasteiger partial charge in [0.1, 0.15) is 0 Å². The molecule has 2 aromatic rings. The number of thioether (sulfide) groups is 1. The van der Waals surface area contributed by atoms with Crippen molar-refractivity contribution in [1.29, 1.82) is 0 Å². The van der Waals surface area contributed by atoms with Gasteiger partial charge < -0.3 is 10.5 Å². The molecule has 1 aliphatic heterocycles. The highest BCUT2D eigenvalue weighted by Crippen LogP contribution is 2.31. The molecule has 1 aromatic carbocycles.